The second kappa shape index (κ2) is 9.26. The van der Waals surface area contributed by atoms with Crippen LogP contribution < -0.4 is 21.7 Å². The van der Waals surface area contributed by atoms with E-state index in [1.165, 1.54) is 23.5 Å². The van der Waals surface area contributed by atoms with Crippen molar-refractivity contribution in [3.8, 4) is 11.9 Å². The third kappa shape index (κ3) is 3.92. The highest BCUT2D eigenvalue weighted by atomic mass is 19.2. The number of hydrogen-bond acceptors (Lipinski definition) is 5. The number of fused-ring (bicyclic) bond motifs is 1. The van der Waals surface area contributed by atoms with Crippen LogP contribution in [0.3, 0.4) is 0 Å². The van der Waals surface area contributed by atoms with E-state index in [4.69, 9.17) is 0 Å². The van der Waals surface area contributed by atoms with E-state index in [-0.39, 0.29) is 29.2 Å². The lowest BCUT2D eigenvalue weighted by Crippen LogP contribution is -2.44. The van der Waals surface area contributed by atoms with Gasteiger partial charge in [0, 0.05) is 39.7 Å². The first kappa shape index (κ1) is 24.9. The molecule has 0 bridgehead atoms. The minimum Gasteiger partial charge on any atom is -0.349 e. The number of nitrogens with zero attached hydrogens (tertiary/aromatic N) is 6. The average molecular weight is 522 g/mol. The summed E-state index contributed by atoms with van der Waals surface area (Å²) >= 11 is 0. The largest absolute Gasteiger partial charge is 0.349 e. The van der Waals surface area contributed by atoms with Crippen molar-refractivity contribution in [2.24, 2.45) is 14.1 Å². The molecule has 12 heteroatoms. The number of rotatable bonds is 5. The van der Waals surface area contributed by atoms with Gasteiger partial charge in [0.25, 0.3) is 11.1 Å². The predicted octanol–water partition coefficient (Wildman–Crippen LogP) is 2.09. The van der Waals surface area contributed by atoms with Crippen molar-refractivity contribution in [2.45, 2.75) is 26.1 Å². The van der Waals surface area contributed by atoms with Crippen LogP contribution in [-0.2, 0) is 40.2 Å². The first-order valence-electron chi connectivity index (χ1n) is 11.6. The minimum absolute atomic E-state index is 0.0469. The van der Waals surface area contributed by atoms with Gasteiger partial charge >= 0.3 is 5.69 Å². The molecule has 1 aliphatic heterocycles. The molecule has 9 nitrogen and oxygen atoms in total. The lowest BCUT2D eigenvalue weighted by molar-refractivity contribution is 0.445. The van der Waals surface area contributed by atoms with E-state index < -0.39 is 40.8 Å². The summed E-state index contributed by atoms with van der Waals surface area (Å²) in [5.74, 6) is -4.43. The summed E-state index contributed by atoms with van der Waals surface area (Å²) in [5.41, 5.74) is -0.373. The molecule has 194 valence electrons. The first-order chi connectivity index (χ1) is 18.1. The highest BCUT2D eigenvalue weighted by molar-refractivity contribution is 5.54. The maximum absolute atomic E-state index is 14.1. The van der Waals surface area contributed by atoms with E-state index in [1.54, 1.807) is 4.90 Å². The predicted molar refractivity (Wildman–Crippen MR) is 132 cm³/mol. The molecule has 5 rings (SSSR count). The van der Waals surface area contributed by atoms with Gasteiger partial charge in [-0.1, -0.05) is 24.3 Å². The molecule has 38 heavy (non-hydrogen) atoms. The lowest BCUT2D eigenvalue weighted by atomic mass is 10.0. The van der Waals surface area contributed by atoms with Crippen LogP contribution in [0.5, 0.6) is 0 Å². The molecule has 0 radical (unpaired) electrons. The number of aromatic nitrogens is 4. The zero-order chi connectivity index (χ0) is 27.3. The molecule has 0 spiro atoms. The van der Waals surface area contributed by atoms with Crippen LogP contribution in [0, 0.1) is 28.8 Å². The number of anilines is 1. The normalized spacial score (nSPS) is 12.6. The summed E-state index contributed by atoms with van der Waals surface area (Å²) in [7, 11) is 2.93. The maximum Gasteiger partial charge on any atom is 0.339 e. The van der Waals surface area contributed by atoms with Crippen LogP contribution in [0.15, 0.2) is 56.8 Å². The fourth-order valence-electron chi connectivity index (χ4n) is 4.83. The molecule has 0 N–H and O–H groups in total. The Kier molecular flexibility index (Phi) is 6.06. The van der Waals surface area contributed by atoms with Crippen LogP contribution in [-0.4, -0.2) is 18.5 Å². The second-order valence-corrected chi connectivity index (χ2v) is 9.03. The molecular weight excluding hydrogens is 501 g/mol. The van der Waals surface area contributed by atoms with Gasteiger partial charge in [-0.05, 0) is 28.8 Å². The standard InChI is InChI=1S/C26H21F3N6O3/c1-31-21(12-22(36)32(31)2)35-25(37)18(9-15-10-19(27)23(29)20(28)11-15)24(34(8-7-30)26(35)38)33-13-16-5-3-4-6-17(16)14-33/h3-6,10-12H,8-9,13-14H2,1-2H3. The zero-order valence-corrected chi connectivity index (χ0v) is 20.4. The van der Waals surface area contributed by atoms with E-state index in [9.17, 15) is 32.8 Å². The molecule has 0 aliphatic carbocycles. The van der Waals surface area contributed by atoms with Crippen LogP contribution in [0.1, 0.15) is 22.3 Å². The van der Waals surface area contributed by atoms with E-state index in [0.717, 1.165) is 38.5 Å². The highest BCUT2D eigenvalue weighted by Gasteiger charge is 2.29. The highest BCUT2D eigenvalue weighted by Crippen LogP contribution is 2.30. The van der Waals surface area contributed by atoms with Gasteiger partial charge < -0.3 is 4.90 Å². The lowest BCUT2D eigenvalue weighted by Gasteiger charge is -2.26. The zero-order valence-electron chi connectivity index (χ0n) is 20.4. The molecule has 0 saturated carbocycles. The van der Waals surface area contributed by atoms with Gasteiger partial charge in [-0.25, -0.2) is 22.5 Å². The van der Waals surface area contributed by atoms with Crippen molar-refractivity contribution < 1.29 is 13.2 Å². The van der Waals surface area contributed by atoms with Crippen molar-refractivity contribution in [3.63, 3.8) is 0 Å². The Morgan fingerprint density at radius 1 is 0.921 bits per heavy atom. The molecule has 0 fully saturated rings. The van der Waals surface area contributed by atoms with Crippen LogP contribution >= 0.6 is 0 Å². The molecule has 4 aromatic rings. The van der Waals surface area contributed by atoms with Crippen LogP contribution in [0.2, 0.25) is 0 Å². The van der Waals surface area contributed by atoms with Crippen molar-refractivity contribution in [1.82, 2.24) is 18.5 Å². The SMILES string of the molecule is Cn1c(-n2c(=O)c(Cc3cc(F)c(F)c(F)c3)c(N3Cc4ccccc4C3)n(CC#N)c2=O)cc(=O)n1C. The number of nitriles is 1. The van der Waals surface area contributed by atoms with Gasteiger partial charge in [-0.15, -0.1) is 0 Å². The molecule has 0 amide bonds. The molecule has 2 aromatic heterocycles. The molecule has 0 saturated heterocycles. The van der Waals surface area contributed by atoms with Gasteiger partial charge in [0.05, 0.1) is 11.6 Å². The average Bonchev–Trinajstić information content (AvgIpc) is 3.42. The summed E-state index contributed by atoms with van der Waals surface area (Å²) in [5, 5.41) is 9.59. The number of halogens is 3. The Morgan fingerprint density at radius 3 is 2.05 bits per heavy atom. The third-order valence-corrected chi connectivity index (χ3v) is 6.78. The molecule has 1 aliphatic rings. The smallest absolute Gasteiger partial charge is 0.339 e. The monoisotopic (exact) mass is 522 g/mol. The van der Waals surface area contributed by atoms with E-state index in [2.05, 4.69) is 0 Å². The Labute approximate surface area is 213 Å². The van der Waals surface area contributed by atoms with E-state index in [0.29, 0.717) is 13.1 Å². The Morgan fingerprint density at radius 2 is 1.53 bits per heavy atom. The van der Waals surface area contributed by atoms with Crippen molar-refractivity contribution >= 4 is 5.82 Å². The van der Waals surface area contributed by atoms with Gasteiger partial charge in [0.1, 0.15) is 18.2 Å². The fourth-order valence-corrected chi connectivity index (χ4v) is 4.83. The van der Waals surface area contributed by atoms with Crippen molar-refractivity contribution in [3.05, 3.63) is 113 Å². The summed E-state index contributed by atoms with van der Waals surface area (Å²) in [4.78, 5) is 41.7. The van der Waals surface area contributed by atoms with Crippen LogP contribution in [0.4, 0.5) is 19.0 Å². The van der Waals surface area contributed by atoms with Crippen molar-refractivity contribution in [2.75, 3.05) is 4.90 Å². The maximum atomic E-state index is 14.1. The number of benzene rings is 2. The Bertz CT molecular complexity index is 1780. The van der Waals surface area contributed by atoms with Gasteiger partial charge in [-0.2, -0.15) is 5.26 Å². The summed E-state index contributed by atoms with van der Waals surface area (Å²) in [6.45, 7) is 0.183. The summed E-state index contributed by atoms with van der Waals surface area (Å²) in [6.07, 6.45) is -0.373. The quantitative estimate of drug-likeness (QED) is 0.374. The van der Waals surface area contributed by atoms with Gasteiger partial charge in [0.2, 0.25) is 0 Å². The third-order valence-electron chi connectivity index (χ3n) is 6.78. The molecule has 0 unspecified atom stereocenters. The Hall–Kier alpha value is -4.79. The molecular formula is C26H21F3N6O3. The Balaban J connectivity index is 1.82. The van der Waals surface area contributed by atoms with Gasteiger partial charge in [0.15, 0.2) is 17.5 Å². The van der Waals surface area contributed by atoms with Crippen LogP contribution in [0.25, 0.3) is 5.82 Å². The molecule has 2 aromatic carbocycles. The fraction of sp³-hybridized carbons (Fsp3) is 0.231. The van der Waals surface area contributed by atoms with Crippen molar-refractivity contribution in [1.29, 1.82) is 5.26 Å². The minimum atomic E-state index is -1.64. The van der Waals surface area contributed by atoms with Gasteiger partial charge in [-0.3, -0.25) is 23.5 Å². The second-order valence-electron chi connectivity index (χ2n) is 9.03. The summed E-state index contributed by atoms with van der Waals surface area (Å²) < 4.78 is 46.2. The summed E-state index contributed by atoms with van der Waals surface area (Å²) in [6, 6.07) is 12.1. The molecule has 3 heterocycles. The molecule has 0 atom stereocenters. The first-order valence-corrected chi connectivity index (χ1v) is 11.6. The van der Waals surface area contributed by atoms with E-state index >= 15 is 0 Å². The topological polar surface area (TPSA) is 98.0 Å². The van der Waals surface area contributed by atoms with E-state index in [1.807, 2.05) is 30.3 Å². The number of hydrogen-bond donors (Lipinski definition) is 0.